The fourth-order valence-electron chi connectivity index (χ4n) is 3.40. The lowest BCUT2D eigenvalue weighted by molar-refractivity contribution is -0.0498. The van der Waals surface area contributed by atoms with Gasteiger partial charge in [0.15, 0.2) is 0 Å². The van der Waals surface area contributed by atoms with Crippen molar-refractivity contribution in [3.63, 3.8) is 0 Å². The molecule has 0 saturated heterocycles. The molecule has 9 nitrogen and oxygen atoms in total. The molecule has 0 aliphatic rings. The Morgan fingerprint density at radius 2 is 0.509 bits per heavy atom. The number of hydrogen-bond donors (Lipinski definition) is 0. The molecule has 0 unspecified atom stereocenters. The first-order valence-corrected chi connectivity index (χ1v) is 22.1. The zero-order valence-corrected chi connectivity index (χ0v) is 36.4. The molecule has 0 fully saturated rings. The van der Waals surface area contributed by atoms with Gasteiger partial charge in [-0.2, -0.15) is 75.7 Å². The van der Waals surface area contributed by atoms with Gasteiger partial charge in [0.1, 0.15) is 0 Å². The molecular formula is C33H39F9O9S6. The molecule has 0 aliphatic carbocycles. The average Bonchev–Trinajstić information content (AvgIpc) is 3.04. The van der Waals surface area contributed by atoms with E-state index in [4.69, 9.17) is 0 Å². The predicted molar refractivity (Wildman–Crippen MR) is 201 cm³/mol. The first-order valence-electron chi connectivity index (χ1n) is 15.6. The lowest BCUT2D eigenvalue weighted by atomic mass is 9.87. The first kappa shape index (κ1) is 52.8. The maximum Gasteiger partial charge on any atom is 0.524 e. The standard InChI is InChI=1S/3C11H13F3O3S2/c3*1-10(2,3)8-4-6-9(7-5-8)18-17-19(15,16)11(12,13)14/h3*4-7H,1-3H3. The lowest BCUT2D eigenvalue weighted by Crippen LogP contribution is -2.23. The van der Waals surface area contributed by atoms with Gasteiger partial charge in [-0.15, -0.1) is 0 Å². The zero-order valence-electron chi connectivity index (χ0n) is 31.5. The van der Waals surface area contributed by atoms with E-state index in [1.54, 1.807) is 36.4 Å². The molecule has 0 heterocycles. The van der Waals surface area contributed by atoms with Crippen LogP contribution < -0.4 is 0 Å². The van der Waals surface area contributed by atoms with Crippen molar-refractivity contribution in [3.05, 3.63) is 89.5 Å². The largest absolute Gasteiger partial charge is 0.524 e. The van der Waals surface area contributed by atoms with Crippen molar-refractivity contribution >= 4 is 66.5 Å². The molecule has 0 aromatic heterocycles. The second-order valence-corrected chi connectivity index (χ2v) is 22.1. The third-order valence-electron chi connectivity index (χ3n) is 6.67. The Balaban J connectivity index is 0.000000427. The van der Waals surface area contributed by atoms with Crippen molar-refractivity contribution in [3.8, 4) is 0 Å². The van der Waals surface area contributed by atoms with Crippen LogP contribution >= 0.6 is 36.1 Å². The van der Waals surface area contributed by atoms with E-state index in [1.807, 2.05) is 62.3 Å². The van der Waals surface area contributed by atoms with Gasteiger partial charge in [0.05, 0.1) is 0 Å². The lowest BCUT2D eigenvalue weighted by Gasteiger charge is -2.18. The van der Waals surface area contributed by atoms with Gasteiger partial charge in [-0.3, -0.25) is 0 Å². The van der Waals surface area contributed by atoms with Crippen LogP contribution in [0.1, 0.15) is 79.0 Å². The smallest absolute Gasteiger partial charge is 0.189 e. The summed E-state index contributed by atoms with van der Waals surface area (Å²) in [6.07, 6.45) is 0. The van der Waals surface area contributed by atoms with Crippen molar-refractivity contribution < 1.29 is 75.7 Å². The Morgan fingerprint density at radius 3 is 0.632 bits per heavy atom. The van der Waals surface area contributed by atoms with E-state index in [1.165, 1.54) is 36.4 Å². The maximum atomic E-state index is 12.0. The van der Waals surface area contributed by atoms with Crippen LogP contribution in [0, 0.1) is 0 Å². The molecule has 0 aliphatic heterocycles. The molecule has 0 atom stereocenters. The van der Waals surface area contributed by atoms with Crippen molar-refractivity contribution in [2.45, 2.75) is 110 Å². The van der Waals surface area contributed by atoms with E-state index in [9.17, 15) is 64.8 Å². The molecule has 57 heavy (non-hydrogen) atoms. The van der Waals surface area contributed by atoms with Crippen LogP contribution in [0.4, 0.5) is 39.5 Å². The number of halogens is 9. The summed E-state index contributed by atoms with van der Waals surface area (Å²) in [4.78, 5) is 0.836. The molecular weight excluding hydrogens is 904 g/mol. The van der Waals surface area contributed by atoms with Gasteiger partial charge >= 0.3 is 46.9 Å². The van der Waals surface area contributed by atoms with E-state index >= 15 is 0 Å². The summed E-state index contributed by atoms with van der Waals surface area (Å²) in [6.45, 7) is 17.9. The Hall–Kier alpha value is -2.19. The highest BCUT2D eigenvalue weighted by atomic mass is 32.3. The average molecular weight is 943 g/mol. The predicted octanol–water partition coefficient (Wildman–Crippen LogP) is 11.6. The molecule has 0 spiro atoms. The van der Waals surface area contributed by atoms with Gasteiger partial charge in [0.25, 0.3) is 0 Å². The van der Waals surface area contributed by atoms with Gasteiger partial charge in [-0.05, 0) is 69.3 Å². The molecule has 0 radical (unpaired) electrons. The molecule has 24 heteroatoms. The molecule has 0 saturated carbocycles. The van der Waals surface area contributed by atoms with E-state index < -0.39 is 46.9 Å². The van der Waals surface area contributed by atoms with Crippen molar-refractivity contribution in [2.75, 3.05) is 0 Å². The topological polar surface area (TPSA) is 130 Å². The zero-order chi connectivity index (χ0) is 44.7. The fourth-order valence-corrected chi connectivity index (χ4v) is 7.08. The second-order valence-electron chi connectivity index (χ2n) is 14.5. The first-order chi connectivity index (χ1) is 25.3. The highest BCUT2D eigenvalue weighted by molar-refractivity contribution is 8.05. The van der Waals surface area contributed by atoms with Crippen LogP contribution in [0.5, 0.6) is 0 Å². The third-order valence-corrected chi connectivity index (χ3v) is 12.7. The van der Waals surface area contributed by atoms with Crippen molar-refractivity contribution in [1.29, 1.82) is 0 Å². The molecule has 3 aromatic carbocycles. The van der Waals surface area contributed by atoms with Crippen LogP contribution in [0.15, 0.2) is 87.5 Å². The molecule has 0 bridgehead atoms. The van der Waals surface area contributed by atoms with Crippen LogP contribution in [-0.2, 0) is 57.5 Å². The Labute approximate surface area is 339 Å². The highest BCUT2D eigenvalue weighted by Gasteiger charge is 2.49. The summed E-state index contributed by atoms with van der Waals surface area (Å²) in [5.41, 5.74) is -13.6. The van der Waals surface area contributed by atoms with Crippen LogP contribution in [0.25, 0.3) is 0 Å². The van der Waals surface area contributed by atoms with Crippen LogP contribution in [-0.4, -0.2) is 41.8 Å². The van der Waals surface area contributed by atoms with Gasteiger partial charge in [0.2, 0.25) is 0 Å². The summed E-state index contributed by atoms with van der Waals surface area (Å²) in [7, 11) is -16.7. The van der Waals surface area contributed by atoms with Crippen molar-refractivity contribution in [1.82, 2.24) is 0 Å². The Bertz CT molecular complexity index is 1820. The minimum Gasteiger partial charge on any atom is -0.189 e. The van der Waals surface area contributed by atoms with Gasteiger partial charge in [0, 0.05) is 50.8 Å². The van der Waals surface area contributed by atoms with E-state index in [0.717, 1.165) is 16.7 Å². The van der Waals surface area contributed by atoms with Crippen molar-refractivity contribution in [2.24, 2.45) is 0 Å². The third kappa shape index (κ3) is 17.5. The number of benzene rings is 3. The van der Waals surface area contributed by atoms with Gasteiger partial charge < -0.3 is 0 Å². The summed E-state index contributed by atoms with van der Waals surface area (Å²) in [6, 6.07) is 19.4. The monoisotopic (exact) mass is 942 g/mol. The molecule has 0 amide bonds. The maximum absolute atomic E-state index is 12.0. The minimum absolute atomic E-state index is 0.0951. The summed E-state index contributed by atoms with van der Waals surface area (Å²) >= 11 is 0.497. The molecule has 0 N–H and O–H groups in total. The molecule has 3 rings (SSSR count). The SMILES string of the molecule is CC(C)(C)c1ccc(SOS(=O)(=O)C(F)(F)F)cc1.CC(C)(C)c1ccc(SOS(=O)(=O)C(F)(F)F)cc1.CC(C)(C)c1ccc(SOS(=O)(=O)C(F)(F)F)cc1. The Kier molecular flexibility index (Phi) is 18.0. The van der Waals surface area contributed by atoms with E-state index in [2.05, 4.69) is 10.9 Å². The minimum atomic E-state index is -5.57. The summed E-state index contributed by atoms with van der Waals surface area (Å²) in [5.74, 6) is 0. The van der Waals surface area contributed by atoms with Gasteiger partial charge in [-0.25, -0.2) is 0 Å². The number of hydrogen-bond acceptors (Lipinski definition) is 12. The molecule has 324 valence electrons. The van der Waals surface area contributed by atoms with Crippen LogP contribution in [0.3, 0.4) is 0 Å². The Morgan fingerprint density at radius 1 is 0.351 bits per heavy atom. The van der Waals surface area contributed by atoms with E-state index in [0.29, 0.717) is 0 Å². The summed E-state index contributed by atoms with van der Waals surface area (Å²) < 4.78 is 184. The van der Waals surface area contributed by atoms with Gasteiger partial charge in [-0.1, -0.05) is 98.7 Å². The fraction of sp³-hybridized carbons (Fsp3) is 0.455. The second kappa shape index (κ2) is 19.5. The van der Waals surface area contributed by atoms with E-state index in [-0.39, 0.29) is 67.1 Å². The number of alkyl halides is 9. The molecule has 3 aromatic rings. The normalized spacial score (nSPS) is 13.6. The number of rotatable bonds is 9. The summed E-state index contributed by atoms with van der Waals surface area (Å²) in [5, 5.41) is 0. The highest BCUT2D eigenvalue weighted by Crippen LogP contribution is 2.35. The van der Waals surface area contributed by atoms with Crippen LogP contribution in [0.2, 0.25) is 0 Å². The quantitative estimate of drug-likeness (QED) is 0.115.